The summed E-state index contributed by atoms with van der Waals surface area (Å²) in [5.41, 5.74) is 1.63. The fraction of sp³-hybridized carbons (Fsp3) is 0.467. The molecule has 1 aromatic rings. The van der Waals surface area contributed by atoms with Gasteiger partial charge < -0.3 is 15.7 Å². The van der Waals surface area contributed by atoms with Gasteiger partial charge in [-0.15, -0.1) is 0 Å². The van der Waals surface area contributed by atoms with Crippen LogP contribution in [0.2, 0.25) is 0 Å². The molecule has 108 valence electrons. The average molecular weight is 275 g/mol. The molecule has 0 aliphatic carbocycles. The van der Waals surface area contributed by atoms with Crippen molar-refractivity contribution in [2.24, 2.45) is 0 Å². The van der Waals surface area contributed by atoms with Crippen molar-refractivity contribution >= 4 is 6.09 Å². The zero-order chi connectivity index (χ0) is 15.0. The molecule has 1 aromatic carbocycles. The molecule has 0 fully saturated rings. The van der Waals surface area contributed by atoms with Gasteiger partial charge in [0.15, 0.2) is 0 Å². The van der Waals surface area contributed by atoms with E-state index in [4.69, 9.17) is 10.4 Å². The van der Waals surface area contributed by atoms with Crippen LogP contribution in [-0.4, -0.2) is 29.8 Å². The second-order valence-electron chi connectivity index (χ2n) is 5.06. The molecule has 1 unspecified atom stereocenters. The van der Waals surface area contributed by atoms with Gasteiger partial charge in [-0.2, -0.15) is 5.26 Å². The van der Waals surface area contributed by atoms with Crippen LogP contribution in [0.15, 0.2) is 24.3 Å². The zero-order valence-electron chi connectivity index (χ0n) is 11.9. The monoisotopic (exact) mass is 275 g/mol. The molecule has 0 aromatic heterocycles. The number of benzene rings is 1. The van der Waals surface area contributed by atoms with E-state index in [0.29, 0.717) is 18.0 Å². The predicted octanol–water partition coefficient (Wildman–Crippen LogP) is 2.13. The first-order valence-corrected chi connectivity index (χ1v) is 6.73. The summed E-state index contributed by atoms with van der Waals surface area (Å²) in [5, 5.41) is 23.4. The SMILES string of the molecule is CC(C)NCCC(Cc1ccc(C#N)cc1)NC(=O)O. The lowest BCUT2D eigenvalue weighted by Gasteiger charge is -2.18. The molecule has 5 heteroatoms. The molecule has 0 spiro atoms. The van der Waals surface area contributed by atoms with E-state index in [0.717, 1.165) is 18.5 Å². The second-order valence-corrected chi connectivity index (χ2v) is 5.06. The third-order valence-corrected chi connectivity index (χ3v) is 2.94. The largest absolute Gasteiger partial charge is 0.465 e. The molecule has 0 saturated carbocycles. The van der Waals surface area contributed by atoms with Gasteiger partial charge in [-0.3, -0.25) is 0 Å². The standard InChI is InChI=1S/C15H21N3O2/c1-11(2)17-8-7-14(18-15(19)20)9-12-3-5-13(10-16)6-4-12/h3-6,11,14,17-18H,7-9H2,1-2H3,(H,19,20). The van der Waals surface area contributed by atoms with Crippen LogP contribution in [0.1, 0.15) is 31.4 Å². The van der Waals surface area contributed by atoms with Crippen molar-refractivity contribution in [1.82, 2.24) is 10.6 Å². The Hall–Kier alpha value is -2.06. The van der Waals surface area contributed by atoms with Crippen molar-refractivity contribution in [3.63, 3.8) is 0 Å². The number of amides is 1. The van der Waals surface area contributed by atoms with Crippen LogP contribution in [0.4, 0.5) is 4.79 Å². The summed E-state index contributed by atoms with van der Waals surface area (Å²) >= 11 is 0. The fourth-order valence-corrected chi connectivity index (χ4v) is 1.95. The normalized spacial score (nSPS) is 11.9. The van der Waals surface area contributed by atoms with Gasteiger partial charge in [-0.1, -0.05) is 26.0 Å². The summed E-state index contributed by atoms with van der Waals surface area (Å²) in [6.07, 6.45) is 0.343. The van der Waals surface area contributed by atoms with Gasteiger partial charge in [0.1, 0.15) is 0 Å². The summed E-state index contributed by atoms with van der Waals surface area (Å²) < 4.78 is 0. The quantitative estimate of drug-likeness (QED) is 0.711. The highest BCUT2D eigenvalue weighted by Crippen LogP contribution is 2.08. The van der Waals surface area contributed by atoms with Crippen molar-refractivity contribution in [3.05, 3.63) is 35.4 Å². The first-order valence-electron chi connectivity index (χ1n) is 6.73. The van der Waals surface area contributed by atoms with E-state index in [2.05, 4.69) is 30.6 Å². The smallest absolute Gasteiger partial charge is 0.404 e. The molecule has 1 amide bonds. The number of carboxylic acid groups (broad SMARTS) is 1. The fourth-order valence-electron chi connectivity index (χ4n) is 1.95. The number of nitrogens with zero attached hydrogens (tertiary/aromatic N) is 1. The number of rotatable bonds is 7. The summed E-state index contributed by atoms with van der Waals surface area (Å²) in [5.74, 6) is 0. The maximum Gasteiger partial charge on any atom is 0.404 e. The molecule has 5 nitrogen and oxygen atoms in total. The molecule has 20 heavy (non-hydrogen) atoms. The molecule has 0 saturated heterocycles. The van der Waals surface area contributed by atoms with E-state index in [1.165, 1.54) is 0 Å². The van der Waals surface area contributed by atoms with Crippen LogP contribution in [0, 0.1) is 11.3 Å². The van der Waals surface area contributed by atoms with Crippen LogP contribution in [0.5, 0.6) is 0 Å². The van der Waals surface area contributed by atoms with Gasteiger partial charge in [0.2, 0.25) is 0 Å². The van der Waals surface area contributed by atoms with Crippen molar-refractivity contribution in [2.75, 3.05) is 6.54 Å². The molecular weight excluding hydrogens is 254 g/mol. The summed E-state index contributed by atoms with van der Waals surface area (Å²) in [6.45, 7) is 4.87. The Labute approximate surface area is 119 Å². The predicted molar refractivity (Wildman–Crippen MR) is 77.6 cm³/mol. The number of nitrogens with one attached hydrogen (secondary N) is 2. The van der Waals surface area contributed by atoms with E-state index in [1.807, 2.05) is 12.1 Å². The molecule has 1 atom stereocenters. The van der Waals surface area contributed by atoms with Gasteiger partial charge in [0.25, 0.3) is 0 Å². The van der Waals surface area contributed by atoms with Crippen LogP contribution >= 0.6 is 0 Å². The van der Waals surface area contributed by atoms with Crippen molar-refractivity contribution in [2.45, 2.75) is 38.8 Å². The molecule has 3 N–H and O–H groups in total. The third kappa shape index (κ3) is 6.21. The average Bonchev–Trinajstić information content (AvgIpc) is 2.38. The van der Waals surface area contributed by atoms with Crippen LogP contribution in [0.25, 0.3) is 0 Å². The minimum absolute atomic E-state index is 0.133. The number of carbonyl (C=O) groups is 1. The van der Waals surface area contributed by atoms with E-state index in [-0.39, 0.29) is 6.04 Å². The maximum atomic E-state index is 10.8. The molecule has 0 aliphatic rings. The molecule has 1 rings (SSSR count). The van der Waals surface area contributed by atoms with Gasteiger partial charge in [0, 0.05) is 12.1 Å². The molecule has 0 radical (unpaired) electrons. The van der Waals surface area contributed by atoms with Crippen molar-refractivity contribution < 1.29 is 9.90 Å². The minimum Gasteiger partial charge on any atom is -0.465 e. The zero-order valence-corrected chi connectivity index (χ0v) is 11.9. The Bertz CT molecular complexity index is 463. The molecule has 0 aliphatic heterocycles. The highest BCUT2D eigenvalue weighted by atomic mass is 16.4. The summed E-state index contributed by atoms with van der Waals surface area (Å²) in [6, 6.07) is 9.55. The van der Waals surface area contributed by atoms with Gasteiger partial charge in [-0.05, 0) is 37.1 Å². The highest BCUT2D eigenvalue weighted by molar-refractivity contribution is 5.64. The minimum atomic E-state index is -1.01. The second kappa shape index (κ2) is 8.18. The first-order chi connectivity index (χ1) is 9.51. The first kappa shape index (κ1) is 16.0. The van der Waals surface area contributed by atoms with E-state index < -0.39 is 6.09 Å². The summed E-state index contributed by atoms with van der Waals surface area (Å²) in [4.78, 5) is 10.8. The van der Waals surface area contributed by atoms with Crippen LogP contribution in [0.3, 0.4) is 0 Å². The molecular formula is C15H21N3O2. The van der Waals surface area contributed by atoms with Crippen molar-refractivity contribution in [1.29, 1.82) is 5.26 Å². The van der Waals surface area contributed by atoms with E-state index in [9.17, 15) is 4.79 Å². The Morgan fingerprint density at radius 1 is 1.35 bits per heavy atom. The van der Waals surface area contributed by atoms with Gasteiger partial charge in [-0.25, -0.2) is 4.79 Å². The number of nitriles is 1. The lowest BCUT2D eigenvalue weighted by atomic mass is 10.0. The van der Waals surface area contributed by atoms with Gasteiger partial charge in [0.05, 0.1) is 11.6 Å². The van der Waals surface area contributed by atoms with Crippen molar-refractivity contribution in [3.8, 4) is 6.07 Å². The molecule has 0 heterocycles. The maximum absolute atomic E-state index is 10.8. The Kier molecular flexibility index (Phi) is 6.54. The topological polar surface area (TPSA) is 85.2 Å². The number of hydrogen-bond donors (Lipinski definition) is 3. The van der Waals surface area contributed by atoms with E-state index in [1.54, 1.807) is 12.1 Å². The van der Waals surface area contributed by atoms with Crippen LogP contribution in [-0.2, 0) is 6.42 Å². The number of hydrogen-bond acceptors (Lipinski definition) is 3. The highest BCUT2D eigenvalue weighted by Gasteiger charge is 2.12. The van der Waals surface area contributed by atoms with Crippen LogP contribution < -0.4 is 10.6 Å². The summed E-state index contributed by atoms with van der Waals surface area (Å²) in [7, 11) is 0. The lowest BCUT2D eigenvalue weighted by molar-refractivity contribution is 0.189. The van der Waals surface area contributed by atoms with Gasteiger partial charge >= 0.3 is 6.09 Å². The Balaban J connectivity index is 2.58. The Morgan fingerprint density at radius 2 is 2.00 bits per heavy atom. The third-order valence-electron chi connectivity index (χ3n) is 2.94. The lowest BCUT2D eigenvalue weighted by Crippen LogP contribution is -2.38. The molecule has 0 bridgehead atoms. The Morgan fingerprint density at radius 3 is 2.50 bits per heavy atom. The van der Waals surface area contributed by atoms with E-state index >= 15 is 0 Å².